The van der Waals surface area contributed by atoms with Crippen molar-refractivity contribution in [2.45, 2.75) is 11.4 Å². The highest BCUT2D eigenvalue weighted by atomic mass is 32.2. The molecule has 0 spiro atoms. The van der Waals surface area contributed by atoms with Gasteiger partial charge in [-0.05, 0) is 18.2 Å². The van der Waals surface area contributed by atoms with Crippen LogP contribution in [0.4, 0.5) is 0 Å². The third kappa shape index (κ3) is 3.23. The maximum Gasteiger partial charge on any atom is 0.243 e. The molecule has 0 atom stereocenters. The fourth-order valence-electron chi connectivity index (χ4n) is 3.35. The molecule has 0 radical (unpaired) electrons. The largest absolute Gasteiger partial charge is 0.507 e. The molecule has 0 saturated carbocycles. The number of hydrogen-bond acceptors (Lipinski definition) is 5. The summed E-state index contributed by atoms with van der Waals surface area (Å²) in [6.07, 6.45) is 0. The number of nitrogens with zero attached hydrogens (tertiary/aromatic N) is 1. The van der Waals surface area contributed by atoms with E-state index in [0.29, 0.717) is 49.1 Å². The number of piperazine rings is 1. The molecule has 0 unspecified atom stereocenters. The molecule has 7 nitrogen and oxygen atoms in total. The van der Waals surface area contributed by atoms with Crippen LogP contribution in [0.1, 0.15) is 5.56 Å². The normalized spacial score (nSPS) is 18.2. The summed E-state index contributed by atoms with van der Waals surface area (Å²) in [5.41, 5.74) is 0.781. The highest BCUT2D eigenvalue weighted by Gasteiger charge is 2.31. The van der Waals surface area contributed by atoms with E-state index in [1.54, 1.807) is 42.5 Å². The monoisotopic (exact) mass is 377 g/mol. The van der Waals surface area contributed by atoms with Gasteiger partial charge in [0.15, 0.2) is 11.5 Å². The van der Waals surface area contributed by atoms with Gasteiger partial charge in [0.2, 0.25) is 16.8 Å². The molecule has 2 aromatic rings. The van der Waals surface area contributed by atoms with Crippen LogP contribution < -0.4 is 14.4 Å². The number of benzene rings is 2. The van der Waals surface area contributed by atoms with Crippen LogP contribution >= 0.6 is 0 Å². The van der Waals surface area contributed by atoms with Gasteiger partial charge in [0, 0.05) is 6.07 Å². The third-order valence-corrected chi connectivity index (χ3v) is 6.74. The smallest absolute Gasteiger partial charge is 0.243 e. The zero-order valence-electron chi connectivity index (χ0n) is 14.2. The second-order valence-electron chi connectivity index (χ2n) is 6.48. The van der Waals surface area contributed by atoms with E-state index in [2.05, 4.69) is 0 Å². The minimum absolute atomic E-state index is 0.168. The molecule has 1 saturated heterocycles. The van der Waals surface area contributed by atoms with Crippen molar-refractivity contribution in [1.29, 1.82) is 0 Å². The SMILES string of the molecule is O=S(=O)(c1ccccc1)N1CC[NH+](Cc2cc3c(cc2O)OCO3)CC1. The van der Waals surface area contributed by atoms with Gasteiger partial charge >= 0.3 is 0 Å². The van der Waals surface area contributed by atoms with Crippen LogP contribution in [-0.2, 0) is 16.6 Å². The summed E-state index contributed by atoms with van der Waals surface area (Å²) in [4.78, 5) is 1.55. The first-order chi connectivity index (χ1) is 12.5. The predicted molar refractivity (Wildman–Crippen MR) is 93.8 cm³/mol. The van der Waals surface area contributed by atoms with Crippen molar-refractivity contribution >= 4 is 10.0 Å². The van der Waals surface area contributed by atoms with E-state index in [9.17, 15) is 13.5 Å². The molecule has 2 aliphatic heterocycles. The molecule has 2 aliphatic rings. The number of quaternary nitrogens is 1. The molecule has 4 rings (SSSR count). The van der Waals surface area contributed by atoms with Crippen molar-refractivity contribution in [1.82, 2.24) is 4.31 Å². The summed E-state index contributed by atoms with van der Waals surface area (Å²) < 4.78 is 37.5. The van der Waals surface area contributed by atoms with E-state index in [-0.39, 0.29) is 12.5 Å². The predicted octanol–water partition coefficient (Wildman–Crippen LogP) is 0.210. The van der Waals surface area contributed by atoms with Crippen molar-refractivity contribution in [3.8, 4) is 17.2 Å². The van der Waals surface area contributed by atoms with E-state index < -0.39 is 10.0 Å². The van der Waals surface area contributed by atoms with Gasteiger partial charge < -0.3 is 19.5 Å². The molecule has 0 aliphatic carbocycles. The van der Waals surface area contributed by atoms with Gasteiger partial charge in [-0.2, -0.15) is 4.31 Å². The zero-order valence-corrected chi connectivity index (χ0v) is 15.0. The number of aromatic hydroxyl groups is 1. The number of fused-ring (bicyclic) bond motifs is 1. The Balaban J connectivity index is 1.42. The Morgan fingerprint density at radius 3 is 2.38 bits per heavy atom. The van der Waals surface area contributed by atoms with E-state index >= 15 is 0 Å². The lowest BCUT2D eigenvalue weighted by Gasteiger charge is -2.31. The number of nitrogens with one attached hydrogen (secondary N) is 1. The van der Waals surface area contributed by atoms with Gasteiger partial charge in [0.1, 0.15) is 12.3 Å². The summed E-state index contributed by atoms with van der Waals surface area (Å²) in [5.74, 6) is 1.38. The highest BCUT2D eigenvalue weighted by Crippen LogP contribution is 2.37. The molecule has 26 heavy (non-hydrogen) atoms. The lowest BCUT2D eigenvalue weighted by Crippen LogP contribution is -3.13. The van der Waals surface area contributed by atoms with E-state index in [4.69, 9.17) is 9.47 Å². The molecule has 0 aromatic heterocycles. The van der Waals surface area contributed by atoms with Crippen LogP contribution in [0.5, 0.6) is 17.2 Å². The molecular formula is C18H21N2O5S+. The second-order valence-corrected chi connectivity index (χ2v) is 8.42. The third-order valence-electron chi connectivity index (χ3n) is 4.82. The Bertz CT molecular complexity index is 893. The number of ether oxygens (including phenoxy) is 2. The Kier molecular flexibility index (Phi) is 4.47. The van der Waals surface area contributed by atoms with Crippen molar-refractivity contribution in [3.63, 3.8) is 0 Å². The minimum atomic E-state index is -3.44. The number of sulfonamides is 1. The first-order valence-electron chi connectivity index (χ1n) is 8.54. The fraction of sp³-hybridized carbons (Fsp3) is 0.333. The molecule has 0 amide bonds. The Labute approximate surface area is 152 Å². The maximum absolute atomic E-state index is 12.7. The van der Waals surface area contributed by atoms with Crippen molar-refractivity contribution in [2.75, 3.05) is 33.0 Å². The number of hydrogen-bond donors (Lipinski definition) is 2. The quantitative estimate of drug-likeness (QED) is 0.796. The Hall–Kier alpha value is -2.29. The maximum atomic E-state index is 12.7. The topological polar surface area (TPSA) is 80.5 Å². The van der Waals surface area contributed by atoms with Gasteiger partial charge in [-0.3, -0.25) is 0 Å². The van der Waals surface area contributed by atoms with E-state index in [1.165, 1.54) is 9.21 Å². The van der Waals surface area contributed by atoms with E-state index in [1.807, 2.05) is 0 Å². The summed E-state index contributed by atoms with van der Waals surface area (Å²) >= 11 is 0. The van der Waals surface area contributed by atoms with Crippen molar-refractivity contribution in [3.05, 3.63) is 48.0 Å². The van der Waals surface area contributed by atoms with Crippen LogP contribution in [0.2, 0.25) is 0 Å². The van der Waals surface area contributed by atoms with Crippen LogP contribution in [0, 0.1) is 0 Å². The van der Waals surface area contributed by atoms with Crippen LogP contribution in [0.15, 0.2) is 47.4 Å². The molecule has 2 heterocycles. The Morgan fingerprint density at radius 1 is 1.04 bits per heavy atom. The summed E-state index contributed by atoms with van der Waals surface area (Å²) in [7, 11) is -3.44. The average Bonchev–Trinajstić information content (AvgIpc) is 3.10. The number of phenols is 1. The molecule has 8 heteroatoms. The van der Waals surface area contributed by atoms with Crippen LogP contribution in [0.25, 0.3) is 0 Å². The average molecular weight is 377 g/mol. The molecular weight excluding hydrogens is 356 g/mol. The molecule has 2 N–H and O–H groups in total. The van der Waals surface area contributed by atoms with Crippen LogP contribution in [-0.4, -0.2) is 50.8 Å². The van der Waals surface area contributed by atoms with Gasteiger partial charge in [0.25, 0.3) is 0 Å². The van der Waals surface area contributed by atoms with E-state index in [0.717, 1.165) is 5.56 Å². The van der Waals surface area contributed by atoms with Crippen molar-refractivity contribution < 1.29 is 27.9 Å². The lowest BCUT2D eigenvalue weighted by atomic mass is 10.1. The molecule has 138 valence electrons. The van der Waals surface area contributed by atoms with Crippen LogP contribution in [0.3, 0.4) is 0 Å². The molecule has 2 aromatic carbocycles. The summed E-state index contributed by atoms with van der Waals surface area (Å²) in [6, 6.07) is 11.9. The summed E-state index contributed by atoms with van der Waals surface area (Å²) in [6.45, 7) is 3.05. The van der Waals surface area contributed by atoms with Crippen molar-refractivity contribution in [2.24, 2.45) is 0 Å². The van der Waals surface area contributed by atoms with Gasteiger partial charge in [0.05, 0.1) is 36.6 Å². The first kappa shape index (κ1) is 17.1. The zero-order chi connectivity index (χ0) is 18.1. The van der Waals surface area contributed by atoms with Gasteiger partial charge in [-0.25, -0.2) is 8.42 Å². The minimum Gasteiger partial charge on any atom is -0.507 e. The lowest BCUT2D eigenvalue weighted by molar-refractivity contribution is -0.917. The fourth-order valence-corrected chi connectivity index (χ4v) is 4.81. The Morgan fingerprint density at radius 2 is 1.69 bits per heavy atom. The number of phenolic OH excluding ortho intramolecular Hbond substituents is 1. The van der Waals surface area contributed by atoms with Gasteiger partial charge in [-0.15, -0.1) is 0 Å². The highest BCUT2D eigenvalue weighted by molar-refractivity contribution is 7.89. The second kappa shape index (κ2) is 6.79. The molecule has 0 bridgehead atoms. The number of rotatable bonds is 4. The molecule has 1 fully saturated rings. The standard InChI is InChI=1S/C18H20N2O5S/c21-16-11-18-17(24-13-25-18)10-14(16)12-19-6-8-20(9-7-19)26(22,23)15-4-2-1-3-5-15/h1-5,10-11,21H,6-9,12-13H2/p+1. The first-order valence-corrected chi connectivity index (χ1v) is 9.98. The van der Waals surface area contributed by atoms with Gasteiger partial charge in [-0.1, -0.05) is 18.2 Å². The summed E-state index contributed by atoms with van der Waals surface area (Å²) in [5, 5.41) is 10.2.